The van der Waals surface area contributed by atoms with Crippen LogP contribution in [0.2, 0.25) is 0 Å². The summed E-state index contributed by atoms with van der Waals surface area (Å²) < 4.78 is 16.7. The van der Waals surface area contributed by atoms with Gasteiger partial charge < -0.3 is 24.8 Å². The van der Waals surface area contributed by atoms with Crippen LogP contribution in [0.15, 0.2) is 21.6 Å². The SMILES string of the molecule is CN=C(NCCCOC)NCc1cc(Br)c2c(c1)OCO2. The van der Waals surface area contributed by atoms with E-state index in [0.717, 1.165) is 47.1 Å². The van der Waals surface area contributed by atoms with Crippen LogP contribution >= 0.6 is 15.9 Å². The highest BCUT2D eigenvalue weighted by Crippen LogP contribution is 2.39. The Bertz CT molecular complexity index is 508. The Morgan fingerprint density at radius 1 is 1.38 bits per heavy atom. The van der Waals surface area contributed by atoms with Crippen LogP contribution in [-0.4, -0.2) is 40.1 Å². The number of nitrogens with zero attached hydrogens (tertiary/aromatic N) is 1. The lowest BCUT2D eigenvalue weighted by Crippen LogP contribution is -2.37. The molecule has 6 nitrogen and oxygen atoms in total. The quantitative estimate of drug-likeness (QED) is 0.462. The molecular formula is C14H20BrN3O3. The molecule has 0 bridgehead atoms. The normalized spacial score (nSPS) is 13.4. The van der Waals surface area contributed by atoms with Gasteiger partial charge in [-0.2, -0.15) is 0 Å². The van der Waals surface area contributed by atoms with Crippen LogP contribution < -0.4 is 20.1 Å². The molecule has 0 radical (unpaired) electrons. The maximum absolute atomic E-state index is 5.41. The first-order valence-electron chi connectivity index (χ1n) is 6.76. The van der Waals surface area contributed by atoms with Gasteiger partial charge >= 0.3 is 0 Å². The zero-order valence-corrected chi connectivity index (χ0v) is 13.8. The molecule has 0 aromatic heterocycles. The van der Waals surface area contributed by atoms with Crippen LogP contribution in [0.1, 0.15) is 12.0 Å². The van der Waals surface area contributed by atoms with Crippen LogP contribution in [0.4, 0.5) is 0 Å². The molecule has 1 aromatic rings. The highest BCUT2D eigenvalue weighted by molar-refractivity contribution is 9.10. The van der Waals surface area contributed by atoms with Gasteiger partial charge in [-0.15, -0.1) is 0 Å². The average Bonchev–Trinajstić information content (AvgIpc) is 2.95. The van der Waals surface area contributed by atoms with Crippen LogP contribution in [0, 0.1) is 0 Å². The van der Waals surface area contributed by atoms with Gasteiger partial charge in [0.15, 0.2) is 17.5 Å². The van der Waals surface area contributed by atoms with Crippen molar-refractivity contribution < 1.29 is 14.2 Å². The van der Waals surface area contributed by atoms with E-state index >= 15 is 0 Å². The summed E-state index contributed by atoms with van der Waals surface area (Å²) in [6.45, 7) is 2.48. The monoisotopic (exact) mass is 357 g/mol. The standard InChI is InChI=1S/C14H20BrN3O3/c1-16-14(17-4-3-5-19-2)18-8-10-6-11(15)13-12(7-10)20-9-21-13/h6-7H,3-5,8-9H2,1-2H3,(H2,16,17,18). The van der Waals surface area contributed by atoms with Gasteiger partial charge in [0.05, 0.1) is 4.47 Å². The third kappa shape index (κ3) is 4.50. The van der Waals surface area contributed by atoms with Crippen LogP contribution in [0.3, 0.4) is 0 Å². The van der Waals surface area contributed by atoms with E-state index in [1.807, 2.05) is 12.1 Å². The van der Waals surface area contributed by atoms with E-state index in [9.17, 15) is 0 Å². The van der Waals surface area contributed by atoms with Gasteiger partial charge in [-0.1, -0.05) is 0 Å². The topological polar surface area (TPSA) is 64.1 Å². The molecule has 21 heavy (non-hydrogen) atoms. The minimum absolute atomic E-state index is 0.271. The Kier molecular flexibility index (Phi) is 6.13. The van der Waals surface area contributed by atoms with E-state index in [2.05, 4.69) is 31.6 Å². The third-order valence-electron chi connectivity index (χ3n) is 2.99. The lowest BCUT2D eigenvalue weighted by molar-refractivity contribution is 0.173. The first kappa shape index (κ1) is 15.9. The van der Waals surface area contributed by atoms with Crippen LogP contribution in [0.25, 0.3) is 0 Å². The summed E-state index contributed by atoms with van der Waals surface area (Å²) in [4.78, 5) is 4.18. The molecule has 2 N–H and O–H groups in total. The predicted molar refractivity (Wildman–Crippen MR) is 85.0 cm³/mol. The van der Waals surface area contributed by atoms with E-state index in [4.69, 9.17) is 14.2 Å². The third-order valence-corrected chi connectivity index (χ3v) is 3.58. The van der Waals surface area contributed by atoms with E-state index in [-0.39, 0.29) is 6.79 Å². The summed E-state index contributed by atoms with van der Waals surface area (Å²) in [5.41, 5.74) is 1.09. The zero-order valence-electron chi connectivity index (χ0n) is 12.2. The van der Waals surface area contributed by atoms with Crippen molar-refractivity contribution in [1.29, 1.82) is 0 Å². The summed E-state index contributed by atoms with van der Waals surface area (Å²) in [5, 5.41) is 6.49. The van der Waals surface area contributed by atoms with Gasteiger partial charge in [-0.05, 0) is 40.0 Å². The lowest BCUT2D eigenvalue weighted by Gasteiger charge is -2.12. The van der Waals surface area contributed by atoms with Crippen molar-refractivity contribution in [2.45, 2.75) is 13.0 Å². The molecular weight excluding hydrogens is 338 g/mol. The molecule has 1 heterocycles. The molecule has 0 spiro atoms. The second-order valence-corrected chi connectivity index (χ2v) is 5.36. The number of halogens is 1. The molecule has 2 rings (SSSR count). The molecule has 116 valence electrons. The summed E-state index contributed by atoms with van der Waals surface area (Å²) in [6.07, 6.45) is 0.937. The van der Waals surface area contributed by atoms with Crippen molar-refractivity contribution >= 4 is 21.9 Å². The van der Waals surface area contributed by atoms with Crippen molar-refractivity contribution in [3.05, 3.63) is 22.2 Å². The number of guanidine groups is 1. The molecule has 0 saturated heterocycles. The number of fused-ring (bicyclic) bond motifs is 1. The van der Waals surface area contributed by atoms with Crippen molar-refractivity contribution in [2.24, 2.45) is 4.99 Å². The van der Waals surface area contributed by atoms with Gasteiger partial charge in [0.1, 0.15) is 0 Å². The number of aliphatic imine (C=N–C) groups is 1. The van der Waals surface area contributed by atoms with Crippen LogP contribution in [-0.2, 0) is 11.3 Å². The smallest absolute Gasteiger partial charge is 0.231 e. The first-order valence-corrected chi connectivity index (χ1v) is 7.55. The maximum atomic E-state index is 5.41. The van der Waals surface area contributed by atoms with Gasteiger partial charge in [0.2, 0.25) is 6.79 Å². The fraction of sp³-hybridized carbons (Fsp3) is 0.500. The van der Waals surface area contributed by atoms with E-state index in [1.54, 1.807) is 14.2 Å². The van der Waals surface area contributed by atoms with Gasteiger partial charge in [0, 0.05) is 33.9 Å². The number of rotatable bonds is 6. The van der Waals surface area contributed by atoms with Gasteiger partial charge in [-0.25, -0.2) is 0 Å². The number of nitrogens with one attached hydrogen (secondary N) is 2. The molecule has 7 heteroatoms. The van der Waals surface area contributed by atoms with E-state index < -0.39 is 0 Å². The first-order chi connectivity index (χ1) is 10.2. The number of hydrogen-bond acceptors (Lipinski definition) is 4. The summed E-state index contributed by atoms with van der Waals surface area (Å²) >= 11 is 3.49. The minimum atomic E-state index is 0.271. The van der Waals surface area contributed by atoms with E-state index in [1.165, 1.54) is 0 Å². The Balaban J connectivity index is 1.86. The fourth-order valence-corrected chi connectivity index (χ4v) is 2.56. The Hall–Kier alpha value is -1.47. The Morgan fingerprint density at radius 3 is 3.00 bits per heavy atom. The number of benzene rings is 1. The number of ether oxygens (including phenoxy) is 3. The molecule has 1 aromatic carbocycles. The Morgan fingerprint density at radius 2 is 2.24 bits per heavy atom. The maximum Gasteiger partial charge on any atom is 0.231 e. The average molecular weight is 358 g/mol. The zero-order chi connectivity index (χ0) is 15.1. The largest absolute Gasteiger partial charge is 0.454 e. The highest BCUT2D eigenvalue weighted by atomic mass is 79.9. The molecule has 0 saturated carbocycles. The number of hydrogen-bond donors (Lipinski definition) is 2. The molecule has 1 aliphatic rings. The van der Waals surface area contributed by atoms with Crippen molar-refractivity contribution in [2.75, 3.05) is 34.1 Å². The molecule has 1 aliphatic heterocycles. The van der Waals surface area contributed by atoms with Crippen molar-refractivity contribution in [3.8, 4) is 11.5 Å². The summed E-state index contributed by atoms with van der Waals surface area (Å²) in [7, 11) is 3.45. The molecule has 0 fully saturated rings. The van der Waals surface area contributed by atoms with Crippen molar-refractivity contribution in [3.63, 3.8) is 0 Å². The highest BCUT2D eigenvalue weighted by Gasteiger charge is 2.17. The van der Waals surface area contributed by atoms with E-state index in [0.29, 0.717) is 6.54 Å². The van der Waals surface area contributed by atoms with Gasteiger partial charge in [-0.3, -0.25) is 4.99 Å². The number of methoxy groups -OCH3 is 1. The summed E-state index contributed by atoms with van der Waals surface area (Å²) in [6, 6.07) is 3.98. The van der Waals surface area contributed by atoms with Gasteiger partial charge in [0.25, 0.3) is 0 Å². The van der Waals surface area contributed by atoms with Crippen molar-refractivity contribution in [1.82, 2.24) is 10.6 Å². The fourth-order valence-electron chi connectivity index (χ4n) is 1.95. The molecule has 0 unspecified atom stereocenters. The predicted octanol–water partition coefficient (Wildman–Crippen LogP) is 1.88. The molecule has 0 amide bonds. The lowest BCUT2D eigenvalue weighted by atomic mass is 10.2. The molecule has 0 atom stereocenters. The Labute approximate surface area is 133 Å². The minimum Gasteiger partial charge on any atom is -0.454 e. The summed E-state index contributed by atoms with van der Waals surface area (Å²) in [5.74, 6) is 2.30. The second kappa shape index (κ2) is 8.09. The molecule has 0 aliphatic carbocycles. The second-order valence-electron chi connectivity index (χ2n) is 4.51. The van der Waals surface area contributed by atoms with Crippen LogP contribution in [0.5, 0.6) is 11.5 Å².